The van der Waals surface area contributed by atoms with Gasteiger partial charge in [0.05, 0.1) is 6.54 Å². The standard InChI is InChI=1S/C15H12FN3O/c1-10(20)14-18-13-3-2-8-17-15(13)19(14)9-11-4-6-12(16)7-5-11/h2-8H,9H2,1H3. The van der Waals surface area contributed by atoms with Gasteiger partial charge in [-0.1, -0.05) is 12.1 Å². The average molecular weight is 269 g/mol. The molecular formula is C15H12FN3O. The zero-order chi connectivity index (χ0) is 14.1. The van der Waals surface area contributed by atoms with E-state index in [0.717, 1.165) is 5.56 Å². The highest BCUT2D eigenvalue weighted by Gasteiger charge is 2.15. The molecule has 0 spiro atoms. The Balaban J connectivity index is 2.11. The first-order chi connectivity index (χ1) is 9.65. The van der Waals surface area contributed by atoms with Crippen LogP contribution in [0.3, 0.4) is 0 Å². The van der Waals surface area contributed by atoms with E-state index in [9.17, 15) is 9.18 Å². The summed E-state index contributed by atoms with van der Waals surface area (Å²) in [5, 5.41) is 0. The Morgan fingerprint density at radius 3 is 2.70 bits per heavy atom. The number of hydrogen-bond donors (Lipinski definition) is 0. The first-order valence-electron chi connectivity index (χ1n) is 6.22. The molecule has 5 heteroatoms. The van der Waals surface area contributed by atoms with Crippen molar-refractivity contribution >= 4 is 16.9 Å². The first-order valence-corrected chi connectivity index (χ1v) is 6.22. The Morgan fingerprint density at radius 2 is 2.00 bits per heavy atom. The van der Waals surface area contributed by atoms with Crippen LogP contribution >= 0.6 is 0 Å². The number of carbonyl (C=O) groups excluding carboxylic acids is 1. The van der Waals surface area contributed by atoms with Crippen LogP contribution in [0.4, 0.5) is 4.39 Å². The molecule has 3 rings (SSSR count). The van der Waals surface area contributed by atoms with Gasteiger partial charge in [0.25, 0.3) is 0 Å². The Kier molecular flexibility index (Phi) is 3.02. The molecule has 0 aliphatic heterocycles. The molecule has 100 valence electrons. The number of carbonyl (C=O) groups is 1. The molecule has 20 heavy (non-hydrogen) atoms. The van der Waals surface area contributed by atoms with Crippen LogP contribution in [0.15, 0.2) is 42.6 Å². The number of halogens is 1. The van der Waals surface area contributed by atoms with Crippen molar-refractivity contribution in [1.82, 2.24) is 14.5 Å². The summed E-state index contributed by atoms with van der Waals surface area (Å²) in [5.41, 5.74) is 2.22. The lowest BCUT2D eigenvalue weighted by Gasteiger charge is -2.07. The summed E-state index contributed by atoms with van der Waals surface area (Å²) in [6.45, 7) is 1.91. The highest BCUT2D eigenvalue weighted by atomic mass is 19.1. The summed E-state index contributed by atoms with van der Waals surface area (Å²) >= 11 is 0. The van der Waals surface area contributed by atoms with Crippen LogP contribution in [0.2, 0.25) is 0 Å². The molecule has 2 aromatic heterocycles. The van der Waals surface area contributed by atoms with Gasteiger partial charge in [-0.15, -0.1) is 0 Å². The van der Waals surface area contributed by atoms with E-state index in [4.69, 9.17) is 0 Å². The van der Waals surface area contributed by atoms with Crippen molar-refractivity contribution in [2.24, 2.45) is 0 Å². The van der Waals surface area contributed by atoms with Gasteiger partial charge in [0, 0.05) is 13.1 Å². The Hall–Kier alpha value is -2.56. The second kappa shape index (κ2) is 4.85. The molecule has 3 aromatic rings. The summed E-state index contributed by atoms with van der Waals surface area (Å²) in [4.78, 5) is 20.3. The van der Waals surface area contributed by atoms with E-state index in [0.29, 0.717) is 23.5 Å². The van der Waals surface area contributed by atoms with Crippen molar-refractivity contribution < 1.29 is 9.18 Å². The molecule has 0 fully saturated rings. The number of rotatable bonds is 3. The number of hydrogen-bond acceptors (Lipinski definition) is 3. The number of ketones is 1. The van der Waals surface area contributed by atoms with Gasteiger partial charge in [-0.2, -0.15) is 0 Å². The molecule has 0 radical (unpaired) electrons. The molecule has 1 aromatic carbocycles. The highest BCUT2D eigenvalue weighted by Crippen LogP contribution is 2.16. The van der Waals surface area contributed by atoms with E-state index < -0.39 is 0 Å². The maximum Gasteiger partial charge on any atom is 0.195 e. The third-order valence-electron chi connectivity index (χ3n) is 3.07. The number of pyridine rings is 1. The van der Waals surface area contributed by atoms with E-state index in [1.807, 2.05) is 6.07 Å². The monoisotopic (exact) mass is 269 g/mol. The van der Waals surface area contributed by atoms with Crippen molar-refractivity contribution in [2.75, 3.05) is 0 Å². The predicted octanol–water partition coefficient (Wildman–Crippen LogP) is 2.82. The topological polar surface area (TPSA) is 47.8 Å². The second-order valence-electron chi connectivity index (χ2n) is 4.55. The van der Waals surface area contributed by atoms with E-state index in [1.165, 1.54) is 19.1 Å². The fraction of sp³-hybridized carbons (Fsp3) is 0.133. The van der Waals surface area contributed by atoms with Gasteiger partial charge >= 0.3 is 0 Å². The lowest BCUT2D eigenvalue weighted by Crippen LogP contribution is -2.09. The van der Waals surface area contributed by atoms with Crippen LogP contribution in [-0.4, -0.2) is 20.3 Å². The van der Waals surface area contributed by atoms with Crippen molar-refractivity contribution in [3.05, 3.63) is 59.8 Å². The van der Waals surface area contributed by atoms with Gasteiger partial charge in [-0.3, -0.25) is 4.79 Å². The number of imidazole rings is 1. The van der Waals surface area contributed by atoms with Gasteiger partial charge in [-0.05, 0) is 29.8 Å². The third-order valence-corrected chi connectivity index (χ3v) is 3.07. The zero-order valence-corrected chi connectivity index (χ0v) is 10.9. The highest BCUT2D eigenvalue weighted by molar-refractivity contribution is 5.94. The average Bonchev–Trinajstić information content (AvgIpc) is 2.81. The molecule has 0 aliphatic carbocycles. The van der Waals surface area contributed by atoms with Crippen LogP contribution in [0, 0.1) is 5.82 Å². The number of benzene rings is 1. The molecule has 0 unspecified atom stereocenters. The van der Waals surface area contributed by atoms with Crippen molar-refractivity contribution in [3.8, 4) is 0 Å². The van der Waals surface area contributed by atoms with E-state index in [-0.39, 0.29) is 11.6 Å². The number of aromatic nitrogens is 3. The molecule has 0 aliphatic rings. The molecule has 0 amide bonds. The SMILES string of the molecule is CC(=O)c1nc2cccnc2n1Cc1ccc(F)cc1. The fourth-order valence-corrected chi connectivity index (χ4v) is 2.15. The van der Waals surface area contributed by atoms with Gasteiger partial charge in [0.2, 0.25) is 0 Å². The zero-order valence-electron chi connectivity index (χ0n) is 10.9. The lowest BCUT2D eigenvalue weighted by molar-refractivity contribution is 0.100. The number of fused-ring (bicyclic) bond motifs is 1. The molecular weight excluding hydrogens is 257 g/mol. The molecule has 0 N–H and O–H groups in total. The van der Waals surface area contributed by atoms with Crippen LogP contribution < -0.4 is 0 Å². The Morgan fingerprint density at radius 1 is 1.25 bits per heavy atom. The van der Waals surface area contributed by atoms with Crippen LogP contribution in [0.25, 0.3) is 11.2 Å². The maximum atomic E-state index is 12.9. The third kappa shape index (κ3) is 2.18. The normalized spacial score (nSPS) is 10.9. The smallest absolute Gasteiger partial charge is 0.195 e. The Labute approximate surface area is 114 Å². The largest absolute Gasteiger partial charge is 0.302 e. The van der Waals surface area contributed by atoms with Crippen molar-refractivity contribution in [3.63, 3.8) is 0 Å². The van der Waals surface area contributed by atoms with Crippen LogP contribution in [0.1, 0.15) is 23.1 Å². The van der Waals surface area contributed by atoms with E-state index in [1.54, 1.807) is 29.0 Å². The quantitative estimate of drug-likeness (QED) is 0.687. The molecule has 0 bridgehead atoms. The van der Waals surface area contributed by atoms with Crippen molar-refractivity contribution in [2.45, 2.75) is 13.5 Å². The van der Waals surface area contributed by atoms with Crippen LogP contribution in [-0.2, 0) is 6.54 Å². The number of nitrogens with zero attached hydrogens (tertiary/aromatic N) is 3. The molecule has 0 atom stereocenters. The van der Waals surface area contributed by atoms with Crippen LogP contribution in [0.5, 0.6) is 0 Å². The number of Topliss-reactive ketones (excluding diaryl/α,β-unsaturated/α-hetero) is 1. The summed E-state index contributed by atoms with van der Waals surface area (Å²) < 4.78 is 14.7. The van der Waals surface area contributed by atoms with Gasteiger partial charge in [-0.25, -0.2) is 14.4 Å². The van der Waals surface area contributed by atoms with E-state index >= 15 is 0 Å². The summed E-state index contributed by atoms with van der Waals surface area (Å²) in [5.74, 6) is -0.0395. The molecule has 0 saturated heterocycles. The fourth-order valence-electron chi connectivity index (χ4n) is 2.15. The minimum Gasteiger partial charge on any atom is -0.302 e. The van der Waals surface area contributed by atoms with Gasteiger partial charge in [0.1, 0.15) is 11.3 Å². The minimum atomic E-state index is -0.283. The summed E-state index contributed by atoms with van der Waals surface area (Å²) in [6, 6.07) is 9.77. The second-order valence-corrected chi connectivity index (χ2v) is 4.55. The first kappa shape index (κ1) is 12.5. The molecule has 4 nitrogen and oxygen atoms in total. The summed E-state index contributed by atoms with van der Waals surface area (Å²) in [7, 11) is 0. The van der Waals surface area contributed by atoms with E-state index in [2.05, 4.69) is 9.97 Å². The molecule has 0 saturated carbocycles. The minimum absolute atomic E-state index is 0.120. The Bertz CT molecular complexity index is 777. The predicted molar refractivity (Wildman–Crippen MR) is 73.0 cm³/mol. The molecule has 2 heterocycles. The van der Waals surface area contributed by atoms with Gasteiger partial charge in [0.15, 0.2) is 17.3 Å². The van der Waals surface area contributed by atoms with Gasteiger partial charge < -0.3 is 4.57 Å². The summed E-state index contributed by atoms with van der Waals surface area (Å²) in [6.07, 6.45) is 1.66. The lowest BCUT2D eigenvalue weighted by atomic mass is 10.2. The van der Waals surface area contributed by atoms with Crippen molar-refractivity contribution in [1.29, 1.82) is 0 Å². The maximum absolute atomic E-state index is 12.9.